The average Bonchev–Trinajstić information content (AvgIpc) is 3.15. The zero-order valence-electron chi connectivity index (χ0n) is 18.9. The average molecular weight is 555 g/mol. The number of halogens is 4. The Morgan fingerprint density at radius 1 is 1.21 bits per heavy atom. The van der Waals surface area contributed by atoms with Crippen molar-refractivity contribution in [3.63, 3.8) is 0 Å². The number of anilines is 1. The zero-order valence-corrected chi connectivity index (χ0v) is 21.3. The molecule has 2 heterocycles. The smallest absolute Gasteiger partial charge is 0.264 e. The van der Waals surface area contributed by atoms with Crippen LogP contribution in [0.5, 0.6) is 0 Å². The number of carbonyl (C=O) groups excluding carboxylic acids is 1. The Hall–Kier alpha value is -1.90. The van der Waals surface area contributed by atoms with Crippen LogP contribution in [0.2, 0.25) is 5.28 Å². The van der Waals surface area contributed by atoms with Gasteiger partial charge in [-0.15, -0.1) is 0 Å². The molecule has 0 saturated carbocycles. The quantitative estimate of drug-likeness (QED) is 0.314. The van der Waals surface area contributed by atoms with Gasteiger partial charge in [0.05, 0.1) is 11.7 Å². The van der Waals surface area contributed by atoms with E-state index in [1.54, 1.807) is 18.2 Å². The minimum Gasteiger partial charge on any atom is -0.381 e. The molecule has 1 saturated heterocycles. The van der Waals surface area contributed by atoms with Gasteiger partial charge in [-0.05, 0) is 71.8 Å². The van der Waals surface area contributed by atoms with Crippen molar-refractivity contribution in [1.29, 1.82) is 0 Å². The van der Waals surface area contributed by atoms with Gasteiger partial charge in [0.15, 0.2) is 5.78 Å². The number of allylic oxidation sites excluding steroid dienone is 2. The first kappa shape index (κ1) is 25.2. The van der Waals surface area contributed by atoms with E-state index < -0.39 is 6.43 Å². The normalized spacial score (nSPS) is 20.6. The molecule has 1 fully saturated rings. The van der Waals surface area contributed by atoms with Gasteiger partial charge in [-0.2, -0.15) is 0 Å². The lowest BCUT2D eigenvalue weighted by Crippen LogP contribution is -2.18. The molecule has 0 amide bonds. The lowest BCUT2D eigenvalue weighted by Gasteiger charge is -2.20. The van der Waals surface area contributed by atoms with Crippen molar-refractivity contribution in [2.75, 3.05) is 18.5 Å². The fourth-order valence-corrected chi connectivity index (χ4v) is 5.55. The summed E-state index contributed by atoms with van der Waals surface area (Å²) in [5, 5.41) is 3.43. The van der Waals surface area contributed by atoms with E-state index in [4.69, 9.17) is 16.3 Å². The zero-order chi connectivity index (χ0) is 24.2. The molecule has 4 rings (SSSR count). The summed E-state index contributed by atoms with van der Waals surface area (Å²) in [6.45, 7) is 3.27. The van der Waals surface area contributed by atoms with Gasteiger partial charge in [0.1, 0.15) is 5.82 Å². The van der Waals surface area contributed by atoms with Gasteiger partial charge in [-0.1, -0.05) is 30.2 Å². The summed E-state index contributed by atoms with van der Waals surface area (Å²) in [5.41, 5.74) is 3.29. The lowest BCUT2D eigenvalue weighted by atomic mass is 9.92. The maximum absolute atomic E-state index is 13.3. The maximum atomic E-state index is 13.3. The monoisotopic (exact) mass is 553 g/mol. The highest BCUT2D eigenvalue weighted by Gasteiger charge is 2.26. The third-order valence-electron chi connectivity index (χ3n) is 6.43. The van der Waals surface area contributed by atoms with Crippen LogP contribution in [0, 0.1) is 5.92 Å². The van der Waals surface area contributed by atoms with Crippen molar-refractivity contribution < 1.29 is 18.3 Å². The lowest BCUT2D eigenvalue weighted by molar-refractivity contribution is -0.119. The molecule has 1 aliphatic carbocycles. The molecule has 1 aliphatic heterocycles. The van der Waals surface area contributed by atoms with E-state index in [1.165, 1.54) is 6.07 Å². The van der Waals surface area contributed by atoms with Crippen LogP contribution in [-0.2, 0) is 22.4 Å². The Morgan fingerprint density at radius 2 is 2.00 bits per heavy atom. The summed E-state index contributed by atoms with van der Waals surface area (Å²) < 4.78 is 32.6. The Bertz CT molecular complexity index is 1090. The molecule has 1 N–H and O–H groups in total. The van der Waals surface area contributed by atoms with E-state index in [0.717, 1.165) is 49.1 Å². The molecule has 2 aromatic rings. The van der Waals surface area contributed by atoms with Crippen LogP contribution >= 0.6 is 27.5 Å². The molecule has 34 heavy (non-hydrogen) atoms. The Morgan fingerprint density at radius 3 is 2.79 bits per heavy atom. The second kappa shape index (κ2) is 11.2. The Balaban J connectivity index is 1.53. The third-order valence-corrected chi connectivity index (χ3v) is 7.51. The molecule has 2 atom stereocenters. The van der Waals surface area contributed by atoms with Gasteiger partial charge in [0, 0.05) is 41.2 Å². The van der Waals surface area contributed by atoms with Gasteiger partial charge in [0.2, 0.25) is 5.28 Å². The molecular formula is C25H27BrClF2N3O2. The number of carbonyl (C=O) groups is 1. The van der Waals surface area contributed by atoms with E-state index in [0.29, 0.717) is 35.3 Å². The van der Waals surface area contributed by atoms with Crippen LogP contribution < -0.4 is 5.32 Å². The van der Waals surface area contributed by atoms with Crippen LogP contribution in [0.4, 0.5) is 14.6 Å². The number of fused-ring (bicyclic) bond motifs is 1. The standard InChI is InChI=1S/C25H27BrClF2N3O2/c1-14(17-6-4-7-18(22(17)26)23(28)29)30-24-19-11-15(12-20(19)31-25(27)32-24)13-21(33)16-5-2-3-9-34-10-8-16/h4,6-7,13-14,16,23H,2-3,5,8-12H2,1H3,(H,30,31,32)/t14-,16?/m1/s1. The molecule has 1 aromatic carbocycles. The van der Waals surface area contributed by atoms with Crippen molar-refractivity contribution in [2.45, 2.75) is 57.9 Å². The summed E-state index contributed by atoms with van der Waals surface area (Å²) in [5.74, 6) is 0.693. The predicted molar refractivity (Wildman–Crippen MR) is 131 cm³/mol. The van der Waals surface area contributed by atoms with Gasteiger partial charge in [0.25, 0.3) is 6.43 Å². The SMILES string of the molecule is C[C@@H](Nc1nc(Cl)nc2c1CC(=CC(=O)C1CCCCOCC1)C2)c1cccc(C(F)F)c1Br. The molecule has 1 unspecified atom stereocenters. The number of aromatic nitrogens is 2. The summed E-state index contributed by atoms with van der Waals surface area (Å²) in [7, 11) is 0. The predicted octanol–water partition coefficient (Wildman–Crippen LogP) is 6.80. The Kier molecular flexibility index (Phi) is 8.32. The molecular weight excluding hydrogens is 528 g/mol. The van der Waals surface area contributed by atoms with Crippen molar-refractivity contribution >= 4 is 39.1 Å². The van der Waals surface area contributed by atoms with Crippen molar-refractivity contribution in [3.8, 4) is 0 Å². The maximum Gasteiger partial charge on any atom is 0.264 e. The Labute approximate surface area is 211 Å². The molecule has 1 aromatic heterocycles. The largest absolute Gasteiger partial charge is 0.381 e. The van der Waals surface area contributed by atoms with Gasteiger partial charge >= 0.3 is 0 Å². The summed E-state index contributed by atoms with van der Waals surface area (Å²) in [6.07, 6.45) is 3.90. The first-order valence-corrected chi connectivity index (χ1v) is 12.7. The first-order chi connectivity index (χ1) is 16.3. The van der Waals surface area contributed by atoms with E-state index in [9.17, 15) is 13.6 Å². The van der Waals surface area contributed by atoms with Crippen molar-refractivity contribution in [3.05, 3.63) is 62.0 Å². The van der Waals surface area contributed by atoms with E-state index in [1.807, 2.05) is 6.92 Å². The molecule has 0 spiro atoms. The highest BCUT2D eigenvalue weighted by atomic mass is 79.9. The summed E-state index contributed by atoms with van der Waals surface area (Å²) in [6, 6.07) is 4.50. The van der Waals surface area contributed by atoms with E-state index in [-0.39, 0.29) is 28.6 Å². The minimum absolute atomic E-state index is 0.0109. The number of hydrogen-bond donors (Lipinski definition) is 1. The van der Waals surface area contributed by atoms with E-state index >= 15 is 0 Å². The van der Waals surface area contributed by atoms with Gasteiger partial charge < -0.3 is 10.1 Å². The third kappa shape index (κ3) is 5.83. The first-order valence-electron chi connectivity index (χ1n) is 11.5. The van der Waals surface area contributed by atoms with Crippen molar-refractivity contribution in [1.82, 2.24) is 9.97 Å². The van der Waals surface area contributed by atoms with Crippen molar-refractivity contribution in [2.24, 2.45) is 5.92 Å². The number of nitrogens with zero attached hydrogens (tertiary/aromatic N) is 2. The fourth-order valence-electron chi connectivity index (χ4n) is 4.58. The van der Waals surface area contributed by atoms with Crippen LogP contribution in [-0.4, -0.2) is 29.0 Å². The number of benzene rings is 1. The molecule has 0 radical (unpaired) electrons. The van der Waals surface area contributed by atoms with Crippen LogP contribution in [0.3, 0.4) is 0 Å². The highest BCUT2D eigenvalue weighted by Crippen LogP contribution is 2.36. The second-order valence-electron chi connectivity index (χ2n) is 8.84. The van der Waals surface area contributed by atoms with Gasteiger partial charge in [-0.3, -0.25) is 4.79 Å². The summed E-state index contributed by atoms with van der Waals surface area (Å²) in [4.78, 5) is 21.7. The molecule has 5 nitrogen and oxygen atoms in total. The number of ether oxygens (including phenoxy) is 1. The number of rotatable bonds is 6. The topological polar surface area (TPSA) is 64.1 Å². The minimum atomic E-state index is -2.58. The molecule has 9 heteroatoms. The number of alkyl halides is 2. The fraction of sp³-hybridized carbons (Fsp3) is 0.480. The van der Waals surface area contributed by atoms with Gasteiger partial charge in [-0.25, -0.2) is 18.7 Å². The number of ketones is 1. The molecule has 182 valence electrons. The van der Waals surface area contributed by atoms with Crippen LogP contribution in [0.15, 0.2) is 34.3 Å². The van der Waals surface area contributed by atoms with Crippen LogP contribution in [0.1, 0.15) is 67.5 Å². The summed E-state index contributed by atoms with van der Waals surface area (Å²) >= 11 is 9.52. The molecule has 0 bridgehead atoms. The van der Waals surface area contributed by atoms with E-state index in [2.05, 4.69) is 31.2 Å². The highest BCUT2D eigenvalue weighted by molar-refractivity contribution is 9.10. The second-order valence-corrected chi connectivity index (χ2v) is 9.97. The number of nitrogens with one attached hydrogen (secondary N) is 1. The molecule has 2 aliphatic rings. The van der Waals surface area contributed by atoms with Crippen LogP contribution in [0.25, 0.3) is 0 Å². The number of hydrogen-bond acceptors (Lipinski definition) is 5.